The molecule has 24 heavy (non-hydrogen) atoms. The Kier molecular flexibility index (Phi) is 5.15. The molecule has 128 valence electrons. The second kappa shape index (κ2) is 7.49. The zero-order chi connectivity index (χ0) is 16.9. The Balaban J connectivity index is 1.51. The number of rotatable bonds is 6. The van der Waals surface area contributed by atoms with Crippen LogP contribution in [0.25, 0.3) is 0 Å². The van der Waals surface area contributed by atoms with E-state index >= 15 is 0 Å². The molecule has 1 aliphatic rings. The molecule has 0 saturated carbocycles. The minimum absolute atomic E-state index is 0.00962. The van der Waals surface area contributed by atoms with E-state index in [1.165, 1.54) is 0 Å². The molecule has 0 unspecified atom stereocenters. The summed E-state index contributed by atoms with van der Waals surface area (Å²) in [5.74, 6) is 1.59. The SMILES string of the molecule is Cc1cc(NC(=O)CN2CCC[C@@H]2COc2ccccc2)n(C)n1. The molecule has 1 amide bonds. The first-order chi connectivity index (χ1) is 11.6. The van der Waals surface area contributed by atoms with Crippen LogP contribution in [-0.2, 0) is 11.8 Å². The van der Waals surface area contributed by atoms with Crippen LogP contribution >= 0.6 is 0 Å². The van der Waals surface area contributed by atoms with Crippen LogP contribution in [-0.4, -0.2) is 46.3 Å². The van der Waals surface area contributed by atoms with Crippen LogP contribution < -0.4 is 10.1 Å². The molecule has 1 saturated heterocycles. The van der Waals surface area contributed by atoms with Crippen molar-refractivity contribution in [3.63, 3.8) is 0 Å². The fourth-order valence-electron chi connectivity index (χ4n) is 3.10. The first-order valence-corrected chi connectivity index (χ1v) is 8.34. The molecule has 1 aromatic heterocycles. The van der Waals surface area contributed by atoms with Gasteiger partial charge in [0.1, 0.15) is 18.2 Å². The number of anilines is 1. The highest BCUT2D eigenvalue weighted by atomic mass is 16.5. The van der Waals surface area contributed by atoms with E-state index in [4.69, 9.17) is 4.74 Å². The molecule has 1 N–H and O–H groups in total. The van der Waals surface area contributed by atoms with Gasteiger partial charge in [-0.05, 0) is 38.4 Å². The first-order valence-electron chi connectivity index (χ1n) is 8.34. The molecule has 1 atom stereocenters. The normalized spacial score (nSPS) is 17.8. The van der Waals surface area contributed by atoms with E-state index in [1.54, 1.807) is 4.68 Å². The summed E-state index contributed by atoms with van der Waals surface area (Å²) in [6, 6.07) is 12.0. The van der Waals surface area contributed by atoms with E-state index in [-0.39, 0.29) is 11.9 Å². The Bertz CT molecular complexity index is 684. The van der Waals surface area contributed by atoms with Crippen molar-refractivity contribution in [3.05, 3.63) is 42.1 Å². The molecule has 1 fully saturated rings. The van der Waals surface area contributed by atoms with Gasteiger partial charge in [0.15, 0.2) is 0 Å². The summed E-state index contributed by atoms with van der Waals surface area (Å²) < 4.78 is 7.54. The second-order valence-electron chi connectivity index (χ2n) is 6.23. The summed E-state index contributed by atoms with van der Waals surface area (Å²) in [6.07, 6.45) is 2.16. The molecule has 2 aromatic rings. The number of hydrogen-bond acceptors (Lipinski definition) is 4. The molecular weight excluding hydrogens is 304 g/mol. The third-order valence-electron chi connectivity index (χ3n) is 4.30. The number of nitrogens with zero attached hydrogens (tertiary/aromatic N) is 3. The lowest BCUT2D eigenvalue weighted by Crippen LogP contribution is -2.39. The third-order valence-corrected chi connectivity index (χ3v) is 4.30. The molecule has 6 heteroatoms. The van der Waals surface area contributed by atoms with Gasteiger partial charge in [-0.15, -0.1) is 0 Å². The summed E-state index contributed by atoms with van der Waals surface area (Å²) in [5.41, 5.74) is 0.892. The lowest BCUT2D eigenvalue weighted by molar-refractivity contribution is -0.117. The van der Waals surface area contributed by atoms with Gasteiger partial charge in [0.25, 0.3) is 0 Å². The number of nitrogens with one attached hydrogen (secondary N) is 1. The summed E-state index contributed by atoms with van der Waals surface area (Å²) in [6.45, 7) is 3.84. The lowest BCUT2D eigenvalue weighted by atomic mass is 10.2. The van der Waals surface area contributed by atoms with Gasteiger partial charge >= 0.3 is 0 Å². The summed E-state index contributed by atoms with van der Waals surface area (Å²) >= 11 is 0. The highest BCUT2D eigenvalue weighted by Gasteiger charge is 2.27. The van der Waals surface area contributed by atoms with E-state index in [1.807, 2.05) is 50.4 Å². The van der Waals surface area contributed by atoms with Crippen molar-refractivity contribution in [2.75, 3.05) is 25.0 Å². The molecule has 0 radical (unpaired) electrons. The highest BCUT2D eigenvalue weighted by molar-refractivity contribution is 5.91. The van der Waals surface area contributed by atoms with Crippen molar-refractivity contribution in [3.8, 4) is 5.75 Å². The minimum Gasteiger partial charge on any atom is -0.492 e. The van der Waals surface area contributed by atoms with Crippen LogP contribution in [0.15, 0.2) is 36.4 Å². The number of benzene rings is 1. The summed E-state index contributed by atoms with van der Waals surface area (Å²) in [4.78, 5) is 14.5. The number of aryl methyl sites for hydroxylation is 2. The number of amides is 1. The van der Waals surface area contributed by atoms with Crippen molar-refractivity contribution in [2.45, 2.75) is 25.8 Å². The van der Waals surface area contributed by atoms with Gasteiger partial charge in [-0.25, -0.2) is 0 Å². The molecular formula is C18H24N4O2. The molecule has 3 rings (SSSR count). The van der Waals surface area contributed by atoms with Crippen LogP contribution in [0.5, 0.6) is 5.75 Å². The fourth-order valence-corrected chi connectivity index (χ4v) is 3.10. The van der Waals surface area contributed by atoms with Crippen LogP contribution in [0.3, 0.4) is 0 Å². The van der Waals surface area contributed by atoms with Gasteiger partial charge in [0.2, 0.25) is 5.91 Å². The Morgan fingerprint density at radius 3 is 2.88 bits per heavy atom. The molecule has 0 bridgehead atoms. The van der Waals surface area contributed by atoms with Gasteiger partial charge in [0, 0.05) is 19.2 Å². The number of para-hydroxylation sites is 1. The third kappa shape index (κ3) is 4.14. The smallest absolute Gasteiger partial charge is 0.239 e. The molecule has 2 heterocycles. The van der Waals surface area contributed by atoms with Gasteiger partial charge in [0.05, 0.1) is 12.2 Å². The van der Waals surface area contributed by atoms with Crippen molar-refractivity contribution in [1.29, 1.82) is 0 Å². The number of carbonyl (C=O) groups excluding carboxylic acids is 1. The van der Waals surface area contributed by atoms with E-state index in [0.717, 1.165) is 36.6 Å². The minimum atomic E-state index is -0.00962. The highest BCUT2D eigenvalue weighted by Crippen LogP contribution is 2.19. The molecule has 1 aromatic carbocycles. The van der Waals surface area contributed by atoms with E-state index < -0.39 is 0 Å². The monoisotopic (exact) mass is 328 g/mol. The second-order valence-corrected chi connectivity index (χ2v) is 6.23. The van der Waals surface area contributed by atoms with Crippen molar-refractivity contribution >= 4 is 11.7 Å². The molecule has 0 spiro atoms. The molecule has 0 aliphatic carbocycles. The summed E-state index contributed by atoms with van der Waals surface area (Å²) in [5, 5.41) is 7.17. The van der Waals surface area contributed by atoms with Gasteiger partial charge in [-0.2, -0.15) is 5.10 Å². The average Bonchev–Trinajstić information content (AvgIpc) is 3.12. The number of carbonyl (C=O) groups is 1. The van der Waals surface area contributed by atoms with Crippen molar-refractivity contribution in [2.24, 2.45) is 7.05 Å². The summed E-state index contributed by atoms with van der Waals surface area (Å²) in [7, 11) is 1.83. The predicted octanol–water partition coefficient (Wildman–Crippen LogP) is 2.21. The van der Waals surface area contributed by atoms with E-state index in [9.17, 15) is 4.79 Å². The Hall–Kier alpha value is -2.34. The lowest BCUT2D eigenvalue weighted by Gasteiger charge is -2.23. The maximum absolute atomic E-state index is 12.3. The number of aromatic nitrogens is 2. The Labute approximate surface area is 142 Å². The van der Waals surface area contributed by atoms with Crippen LogP contribution in [0.4, 0.5) is 5.82 Å². The standard InChI is InChI=1S/C18H24N4O2/c1-14-11-17(21(2)20-14)19-18(23)12-22-10-6-7-15(22)13-24-16-8-4-3-5-9-16/h3-5,8-9,11,15H,6-7,10,12-13H2,1-2H3,(H,19,23)/t15-/m1/s1. The van der Waals surface area contributed by atoms with Gasteiger partial charge in [-0.3, -0.25) is 14.4 Å². The van der Waals surface area contributed by atoms with E-state index in [0.29, 0.717) is 13.2 Å². The van der Waals surface area contributed by atoms with Crippen LogP contribution in [0.2, 0.25) is 0 Å². The Morgan fingerprint density at radius 2 is 2.17 bits per heavy atom. The maximum Gasteiger partial charge on any atom is 0.239 e. The van der Waals surface area contributed by atoms with Crippen molar-refractivity contribution < 1.29 is 9.53 Å². The largest absolute Gasteiger partial charge is 0.492 e. The predicted molar refractivity (Wildman–Crippen MR) is 93.1 cm³/mol. The number of likely N-dealkylation sites (tertiary alicyclic amines) is 1. The van der Waals surface area contributed by atoms with Crippen molar-refractivity contribution in [1.82, 2.24) is 14.7 Å². The van der Waals surface area contributed by atoms with Gasteiger partial charge in [-0.1, -0.05) is 18.2 Å². The zero-order valence-corrected chi connectivity index (χ0v) is 14.2. The zero-order valence-electron chi connectivity index (χ0n) is 14.2. The number of hydrogen-bond donors (Lipinski definition) is 1. The van der Waals surface area contributed by atoms with Gasteiger partial charge < -0.3 is 10.1 Å². The quantitative estimate of drug-likeness (QED) is 0.883. The maximum atomic E-state index is 12.3. The van der Waals surface area contributed by atoms with E-state index in [2.05, 4.69) is 15.3 Å². The first kappa shape index (κ1) is 16.5. The average molecular weight is 328 g/mol. The van der Waals surface area contributed by atoms with Crippen LogP contribution in [0.1, 0.15) is 18.5 Å². The fraction of sp³-hybridized carbons (Fsp3) is 0.444. The molecule has 6 nitrogen and oxygen atoms in total. The Morgan fingerprint density at radius 1 is 1.38 bits per heavy atom. The molecule has 1 aliphatic heterocycles. The van der Waals surface area contributed by atoms with Crippen LogP contribution in [0, 0.1) is 6.92 Å². The topological polar surface area (TPSA) is 59.4 Å². The number of ether oxygens (including phenoxy) is 1.